The molecular weight excluding hydrogens is 614 g/mol. The van der Waals surface area contributed by atoms with Gasteiger partial charge < -0.3 is 44.8 Å². The molecule has 0 spiro atoms. The van der Waals surface area contributed by atoms with Gasteiger partial charge in [-0.3, -0.25) is 0 Å². The summed E-state index contributed by atoms with van der Waals surface area (Å²) in [6.45, 7) is 5.15. The van der Waals surface area contributed by atoms with Crippen molar-refractivity contribution in [2.24, 2.45) is 0 Å². The molecule has 0 N–H and O–H groups in total. The molecule has 0 saturated carbocycles. The molecule has 39 heavy (non-hydrogen) atoms. The first-order chi connectivity index (χ1) is 16.8. The second-order valence-corrected chi connectivity index (χ2v) is 8.51. The van der Waals surface area contributed by atoms with E-state index in [4.69, 9.17) is 0 Å². The van der Waals surface area contributed by atoms with Crippen molar-refractivity contribution in [3.8, 4) is 0 Å². The summed E-state index contributed by atoms with van der Waals surface area (Å²) >= 11 is 0. The normalized spacial score (nSPS) is 12.6. The first-order valence-corrected chi connectivity index (χ1v) is 11.5. The van der Waals surface area contributed by atoms with Crippen molar-refractivity contribution in [3.63, 3.8) is 0 Å². The topological polar surface area (TPSA) is 149 Å². The number of hydrogen-bond donors (Lipinski definition) is 0. The van der Waals surface area contributed by atoms with E-state index in [1.165, 1.54) is 12.1 Å². The number of ether oxygens (including phenoxy) is 1. The molecule has 238 valence electrons. The molecule has 0 aliphatic heterocycles. The van der Waals surface area contributed by atoms with Crippen LogP contribution in [0.5, 0.6) is 0 Å². The molecule has 4 atom stereocenters. The van der Waals surface area contributed by atoms with Crippen LogP contribution in [0.3, 0.4) is 0 Å². The van der Waals surface area contributed by atoms with Crippen molar-refractivity contribution >= 4 is 11.9 Å². The summed E-state index contributed by atoms with van der Waals surface area (Å²) in [5.41, 5.74) is 0.226. The van der Waals surface area contributed by atoms with Gasteiger partial charge in [-0.2, -0.15) is 0 Å². The van der Waals surface area contributed by atoms with Gasteiger partial charge in [-0.05, 0) is 68.5 Å². The Balaban J connectivity index is -0.0000000912. The number of hydrogen-bond acceptors (Lipinski definition) is 11. The summed E-state index contributed by atoms with van der Waals surface area (Å²) < 4.78 is 15.8. The van der Waals surface area contributed by atoms with Crippen LogP contribution in [0.25, 0.3) is 0 Å². The second-order valence-electron chi connectivity index (χ2n) is 8.51. The van der Waals surface area contributed by atoms with Crippen LogP contribution < -0.4 is 20.4 Å². The number of carbonyl (C=O) groups excluding carboxylic acids is 2. The quantitative estimate of drug-likeness (QED) is 0.150. The molecule has 0 bridgehead atoms. The van der Waals surface area contributed by atoms with Gasteiger partial charge in [-0.25, -0.2) is 14.0 Å². The van der Waals surface area contributed by atoms with E-state index in [1.807, 2.05) is 0 Å². The summed E-state index contributed by atoms with van der Waals surface area (Å²) in [6.07, 6.45) is -2.26. The monoisotopic (exact) mass is 660 g/mol. The SMILES string of the molecule is CC([O-])N(C)C.CC([O-])N(C)C.CC([O-])N(C)C.CC([O-])N(C)C.O=C(CF)OC(=O)c1ccccc1.[Cu+2].[Cu+2]. The van der Waals surface area contributed by atoms with Crippen molar-refractivity contribution in [3.05, 3.63) is 35.9 Å². The predicted molar refractivity (Wildman–Crippen MR) is 135 cm³/mol. The van der Waals surface area contributed by atoms with E-state index in [2.05, 4.69) is 4.74 Å². The molecule has 2 radical (unpaired) electrons. The largest absolute Gasteiger partial charge is 2.00 e. The summed E-state index contributed by atoms with van der Waals surface area (Å²) in [4.78, 5) is 27.8. The van der Waals surface area contributed by atoms with Gasteiger partial charge in [0.15, 0.2) is 6.67 Å². The maximum Gasteiger partial charge on any atom is 2.00 e. The minimum absolute atomic E-state index is 0. The Bertz CT molecular complexity index is 597. The summed E-state index contributed by atoms with van der Waals surface area (Å²) in [5.74, 6) is -2.00. The van der Waals surface area contributed by atoms with Crippen LogP contribution >= 0.6 is 0 Å². The van der Waals surface area contributed by atoms with E-state index < -0.39 is 43.5 Å². The molecule has 1 aromatic rings. The van der Waals surface area contributed by atoms with Gasteiger partial charge >= 0.3 is 46.1 Å². The van der Waals surface area contributed by atoms with Crippen molar-refractivity contribution in [1.29, 1.82) is 0 Å². The molecule has 0 saturated heterocycles. The molecule has 0 aliphatic carbocycles. The molecule has 0 aromatic heterocycles. The van der Waals surface area contributed by atoms with Gasteiger partial charge in [0.25, 0.3) is 0 Å². The number of halogens is 1. The standard InChI is InChI=1S/C9H7FO3.4C4H10NO.2Cu/c10-6-8(11)13-9(12)7-4-2-1-3-5-7;4*1-4(6)5(2)3;;/h1-5H,6H2;4*4H,1-3H3;;/q;4*-1;2*+2. The van der Waals surface area contributed by atoms with Gasteiger partial charge in [0, 0.05) is 0 Å². The van der Waals surface area contributed by atoms with Gasteiger partial charge in [-0.15, -0.1) is 0 Å². The Morgan fingerprint density at radius 3 is 1.08 bits per heavy atom. The van der Waals surface area contributed by atoms with Crippen molar-refractivity contribution in [1.82, 2.24) is 19.6 Å². The molecule has 0 fully saturated rings. The minimum atomic E-state index is -1.29. The number of nitrogens with zero attached hydrogens (tertiary/aromatic N) is 4. The zero-order chi connectivity index (χ0) is 30.3. The van der Waals surface area contributed by atoms with Crippen molar-refractivity contribution in [2.75, 3.05) is 63.1 Å². The average Bonchev–Trinajstić information content (AvgIpc) is 2.80. The van der Waals surface area contributed by atoms with Crippen LogP contribution in [0, 0.1) is 0 Å². The third kappa shape index (κ3) is 41.6. The van der Waals surface area contributed by atoms with Crippen LogP contribution in [0.1, 0.15) is 38.1 Å². The van der Waals surface area contributed by atoms with Crippen LogP contribution in [-0.2, 0) is 43.7 Å². The molecule has 11 nitrogen and oxygen atoms in total. The summed E-state index contributed by atoms with van der Waals surface area (Å²) in [7, 11) is 14.1. The Labute approximate surface area is 255 Å². The number of carbonyl (C=O) groups is 2. The zero-order valence-corrected chi connectivity index (χ0v) is 26.9. The van der Waals surface area contributed by atoms with Gasteiger partial charge in [0.05, 0.1) is 5.56 Å². The predicted octanol–water partition coefficient (Wildman–Crippen LogP) is -1.65. The molecule has 1 aromatic carbocycles. The summed E-state index contributed by atoms with van der Waals surface area (Å²) in [6, 6.07) is 7.92. The maximum atomic E-state index is 11.6. The van der Waals surface area contributed by atoms with Gasteiger partial charge in [0.2, 0.25) is 0 Å². The zero-order valence-electron chi connectivity index (χ0n) is 25.0. The van der Waals surface area contributed by atoms with Crippen LogP contribution in [0.4, 0.5) is 4.39 Å². The molecule has 0 aliphatic rings. The van der Waals surface area contributed by atoms with Crippen molar-refractivity contribution in [2.45, 2.75) is 52.6 Å². The smallest absolute Gasteiger partial charge is 0.841 e. The van der Waals surface area contributed by atoms with Crippen LogP contribution in [0.15, 0.2) is 30.3 Å². The molecule has 0 heterocycles. The first kappa shape index (κ1) is 50.8. The number of benzene rings is 1. The van der Waals surface area contributed by atoms with E-state index in [-0.39, 0.29) is 39.7 Å². The third-order valence-electron chi connectivity index (χ3n) is 4.23. The Morgan fingerprint density at radius 1 is 0.667 bits per heavy atom. The number of alkyl halides is 1. The third-order valence-corrected chi connectivity index (χ3v) is 4.23. The Morgan fingerprint density at radius 2 is 0.897 bits per heavy atom. The van der Waals surface area contributed by atoms with Gasteiger partial charge in [-0.1, -0.05) is 70.8 Å². The fourth-order valence-electron chi connectivity index (χ4n) is 0.764. The maximum absolute atomic E-state index is 11.6. The van der Waals surface area contributed by atoms with E-state index in [9.17, 15) is 34.4 Å². The molecule has 0 amide bonds. The first-order valence-electron chi connectivity index (χ1n) is 11.5. The van der Waals surface area contributed by atoms with E-state index in [0.717, 1.165) is 0 Å². The number of esters is 2. The molecule has 4 unspecified atom stereocenters. The summed E-state index contributed by atoms with van der Waals surface area (Å²) in [5, 5.41) is 40.6. The van der Waals surface area contributed by atoms with Crippen LogP contribution in [0.2, 0.25) is 0 Å². The number of rotatable bonds is 6. The van der Waals surface area contributed by atoms with E-state index in [1.54, 1.807) is 122 Å². The van der Waals surface area contributed by atoms with Crippen molar-refractivity contribution < 1.29 is 73.3 Å². The van der Waals surface area contributed by atoms with Crippen LogP contribution in [-0.4, -0.2) is 120 Å². The average molecular weight is 662 g/mol. The second kappa shape index (κ2) is 31.5. The van der Waals surface area contributed by atoms with Gasteiger partial charge in [0.1, 0.15) is 0 Å². The van der Waals surface area contributed by atoms with E-state index >= 15 is 0 Å². The fraction of sp³-hybridized carbons (Fsp3) is 0.680. The molecular formula is C25H47Cu2FN4O7. The fourth-order valence-corrected chi connectivity index (χ4v) is 0.764. The Hall–Kier alpha value is -0.991. The Kier molecular flexibility index (Phi) is 41.1. The molecule has 1 rings (SSSR count). The minimum Gasteiger partial charge on any atom is -0.841 e. The van der Waals surface area contributed by atoms with E-state index in [0.29, 0.717) is 0 Å². The molecule has 14 heteroatoms.